The second-order valence-electron chi connectivity index (χ2n) is 25.7. The van der Waals surface area contributed by atoms with Crippen LogP contribution in [0.3, 0.4) is 0 Å². The van der Waals surface area contributed by atoms with E-state index < -0.39 is 124 Å². The normalized spacial score (nSPS) is 28.2. The number of allylic oxidation sites excluding steroid dienone is 9. The molecule has 0 saturated carbocycles. The molecule has 3 aliphatic heterocycles. The number of hydrogen-bond acceptors (Lipinski definition) is 18. The zero-order valence-electron chi connectivity index (χ0n) is 56.1. The third-order valence-electron chi connectivity index (χ3n) is 17.8. The molecule has 17 atom stereocenters. The molecule has 0 aromatic heterocycles. The number of unbranched alkanes of at least 4 members (excludes halogenated alkanes) is 31. The molecule has 0 radical (unpaired) electrons. The van der Waals surface area contributed by atoms with E-state index in [-0.39, 0.29) is 18.9 Å². The second-order valence-corrected chi connectivity index (χ2v) is 25.7. The number of nitrogens with one attached hydrogen (secondary N) is 1. The van der Waals surface area contributed by atoms with Gasteiger partial charge in [0.2, 0.25) is 5.91 Å². The molecule has 0 spiro atoms. The highest BCUT2D eigenvalue weighted by atomic mass is 16.8. The second kappa shape index (κ2) is 53.6. The van der Waals surface area contributed by atoms with Crippen molar-refractivity contribution >= 4 is 5.91 Å². The number of carbonyl (C=O) groups excluding carboxylic acids is 1. The summed E-state index contributed by atoms with van der Waals surface area (Å²) in [4.78, 5) is 13.4. The first-order chi connectivity index (χ1) is 44.3. The third-order valence-corrected chi connectivity index (χ3v) is 17.8. The summed E-state index contributed by atoms with van der Waals surface area (Å²) in [7, 11) is 0. The van der Waals surface area contributed by atoms with Crippen molar-refractivity contribution in [2.24, 2.45) is 0 Å². The molecule has 12 N–H and O–H groups in total. The van der Waals surface area contributed by atoms with Crippen LogP contribution in [0.1, 0.15) is 258 Å². The van der Waals surface area contributed by atoms with Crippen LogP contribution in [0.15, 0.2) is 60.8 Å². The van der Waals surface area contributed by atoms with Gasteiger partial charge >= 0.3 is 0 Å². The van der Waals surface area contributed by atoms with Gasteiger partial charge in [-0.25, -0.2) is 0 Å². The zero-order valence-corrected chi connectivity index (χ0v) is 56.1. The van der Waals surface area contributed by atoms with E-state index in [0.29, 0.717) is 6.42 Å². The van der Waals surface area contributed by atoms with Crippen LogP contribution in [-0.2, 0) is 33.2 Å². The largest absolute Gasteiger partial charge is 0.394 e. The molecule has 3 rings (SSSR count). The predicted octanol–water partition coefficient (Wildman–Crippen LogP) is 9.94. The van der Waals surface area contributed by atoms with E-state index in [1.807, 2.05) is 6.08 Å². The number of rotatable bonds is 55. The SMILES string of the molecule is CC/C=C\C/C=C\C/C=C\C/C=C\CCCCCCCCCCCCCCCCCCCCC(=O)NC(COC1OC(CO)C(OC2OC(CO)C(OC3OC(CO)C(O)C(O)C3O)C(O)C2O)C(O)C1O)C(O)/C=C/CCCCCCCCCCCCCCC. The Labute approximate surface area is 547 Å². The van der Waals surface area contributed by atoms with E-state index in [9.17, 15) is 61.0 Å². The van der Waals surface area contributed by atoms with Gasteiger partial charge in [-0.15, -0.1) is 0 Å². The number of ether oxygens (including phenoxy) is 6. The van der Waals surface area contributed by atoms with Crippen molar-refractivity contribution in [2.45, 2.75) is 362 Å². The molecule has 3 heterocycles. The number of aliphatic hydroxyl groups excluding tert-OH is 11. The van der Waals surface area contributed by atoms with Gasteiger partial charge in [-0.05, 0) is 57.8 Å². The fraction of sp³-hybridized carbons (Fsp3) is 0.847. The van der Waals surface area contributed by atoms with E-state index in [0.717, 1.165) is 70.6 Å². The van der Waals surface area contributed by atoms with Gasteiger partial charge in [-0.2, -0.15) is 0 Å². The molecule has 1 amide bonds. The van der Waals surface area contributed by atoms with Crippen LogP contribution in [-0.4, -0.2) is 193 Å². The first kappa shape index (κ1) is 82.7. The number of amides is 1. The highest BCUT2D eigenvalue weighted by Gasteiger charge is 2.53. The first-order valence-electron chi connectivity index (χ1n) is 36.0. The maximum absolute atomic E-state index is 13.4. The Balaban J connectivity index is 1.37. The molecule has 0 aromatic rings. The maximum Gasteiger partial charge on any atom is 0.220 e. The summed E-state index contributed by atoms with van der Waals surface area (Å²) in [5, 5.41) is 121. The zero-order chi connectivity index (χ0) is 66.1. The van der Waals surface area contributed by atoms with Crippen LogP contribution in [0.25, 0.3) is 0 Å². The topological polar surface area (TPSA) is 307 Å². The van der Waals surface area contributed by atoms with Crippen molar-refractivity contribution < 1.29 is 89.4 Å². The summed E-state index contributed by atoms with van der Waals surface area (Å²) < 4.78 is 34.4. The molecule has 3 fully saturated rings. The number of carbonyl (C=O) groups is 1. The van der Waals surface area contributed by atoms with E-state index in [1.54, 1.807) is 6.08 Å². The van der Waals surface area contributed by atoms with Crippen molar-refractivity contribution in [1.29, 1.82) is 0 Å². The Kier molecular flexibility index (Phi) is 48.7. The van der Waals surface area contributed by atoms with Crippen molar-refractivity contribution in [2.75, 3.05) is 26.4 Å². The molecular weight excluding hydrogens is 1170 g/mol. The average Bonchev–Trinajstić information content (AvgIpc) is 0.876. The van der Waals surface area contributed by atoms with E-state index >= 15 is 0 Å². The molecule has 0 aromatic carbocycles. The lowest BCUT2D eigenvalue weighted by Crippen LogP contribution is -2.66. The van der Waals surface area contributed by atoms with Crippen LogP contribution >= 0.6 is 0 Å². The van der Waals surface area contributed by atoms with Crippen molar-refractivity contribution in [3.8, 4) is 0 Å². The lowest BCUT2D eigenvalue weighted by Gasteiger charge is -2.48. The molecule has 530 valence electrons. The van der Waals surface area contributed by atoms with Crippen LogP contribution in [0.4, 0.5) is 0 Å². The molecule has 19 nitrogen and oxygen atoms in total. The smallest absolute Gasteiger partial charge is 0.220 e. The van der Waals surface area contributed by atoms with Crippen molar-refractivity contribution in [1.82, 2.24) is 5.32 Å². The van der Waals surface area contributed by atoms with Gasteiger partial charge in [0.25, 0.3) is 0 Å². The fourth-order valence-electron chi connectivity index (χ4n) is 12.0. The van der Waals surface area contributed by atoms with E-state index in [4.69, 9.17) is 28.4 Å². The van der Waals surface area contributed by atoms with Gasteiger partial charge in [0.15, 0.2) is 18.9 Å². The van der Waals surface area contributed by atoms with Crippen molar-refractivity contribution in [3.05, 3.63) is 60.8 Å². The monoisotopic (exact) mass is 1300 g/mol. The Morgan fingerprint density at radius 3 is 1.19 bits per heavy atom. The summed E-state index contributed by atoms with van der Waals surface area (Å²) in [6, 6.07) is -0.973. The summed E-state index contributed by atoms with van der Waals surface area (Å²) in [6.45, 7) is 1.63. The minimum atomic E-state index is -1.98. The minimum absolute atomic E-state index is 0.244. The Hall–Kier alpha value is -2.51. The Morgan fingerprint density at radius 2 is 0.758 bits per heavy atom. The molecule has 3 saturated heterocycles. The Morgan fingerprint density at radius 1 is 0.407 bits per heavy atom. The van der Waals surface area contributed by atoms with E-state index in [1.165, 1.54) is 161 Å². The first-order valence-corrected chi connectivity index (χ1v) is 36.0. The maximum atomic E-state index is 13.4. The van der Waals surface area contributed by atoms with Crippen molar-refractivity contribution in [3.63, 3.8) is 0 Å². The summed E-state index contributed by atoms with van der Waals surface area (Å²) >= 11 is 0. The standard InChI is InChI=1S/C72H129NO18/c1-3-5-7-9-11-13-15-17-19-20-21-22-23-24-25-26-27-28-29-30-31-32-33-34-36-38-40-42-44-46-48-50-60(78)73-55(56(77)49-47-45-43-41-39-37-35-18-16-14-12-10-8-6-4-2)54-86-70-66(84)63(81)68(58(52-75)88-70)91-72-67(85)64(82)69(59(53-76)89-72)90-71-65(83)62(80)61(79)57(51-74)87-71/h5,7,11,13,17,19,21-22,47,49,55-59,61-72,74-77,79-85H,3-4,6,8-10,12,14-16,18,20,23-46,48,50-54H2,1-2H3,(H,73,78)/b7-5-,13-11-,19-17-,22-21-,49-47+. The van der Waals surface area contributed by atoms with Gasteiger partial charge in [-0.1, -0.05) is 254 Å². The Bertz CT molecular complexity index is 1890. The molecule has 3 aliphatic rings. The van der Waals surface area contributed by atoms with Crippen LogP contribution in [0.2, 0.25) is 0 Å². The van der Waals surface area contributed by atoms with Crippen LogP contribution in [0.5, 0.6) is 0 Å². The summed E-state index contributed by atoms with van der Waals surface area (Å²) in [5.74, 6) is -0.274. The summed E-state index contributed by atoms with van der Waals surface area (Å²) in [5.41, 5.74) is 0. The number of hydrogen-bond donors (Lipinski definition) is 12. The third kappa shape index (κ3) is 35.4. The molecule has 91 heavy (non-hydrogen) atoms. The lowest BCUT2D eigenvalue weighted by molar-refractivity contribution is -0.379. The molecule has 0 bridgehead atoms. The average molecular weight is 1300 g/mol. The van der Waals surface area contributed by atoms with Gasteiger partial charge in [0, 0.05) is 6.42 Å². The van der Waals surface area contributed by atoms with Gasteiger partial charge in [-0.3, -0.25) is 4.79 Å². The van der Waals surface area contributed by atoms with Crippen LogP contribution in [0, 0.1) is 0 Å². The molecular formula is C72H129NO18. The molecule has 17 unspecified atom stereocenters. The summed E-state index contributed by atoms with van der Waals surface area (Å²) in [6.07, 6.45) is 39.2. The fourth-order valence-corrected chi connectivity index (χ4v) is 12.0. The van der Waals surface area contributed by atoms with Gasteiger partial charge in [0.05, 0.1) is 38.6 Å². The molecule has 0 aliphatic carbocycles. The van der Waals surface area contributed by atoms with Gasteiger partial charge in [0.1, 0.15) is 73.2 Å². The highest BCUT2D eigenvalue weighted by molar-refractivity contribution is 5.76. The number of aliphatic hydroxyl groups is 11. The lowest BCUT2D eigenvalue weighted by atomic mass is 9.96. The molecule has 19 heteroatoms. The minimum Gasteiger partial charge on any atom is -0.394 e. The predicted molar refractivity (Wildman–Crippen MR) is 355 cm³/mol. The quantitative estimate of drug-likeness (QED) is 0.0199. The highest BCUT2D eigenvalue weighted by Crippen LogP contribution is 2.33. The van der Waals surface area contributed by atoms with Crippen LogP contribution < -0.4 is 5.32 Å². The van der Waals surface area contributed by atoms with E-state index in [2.05, 4.69) is 67.8 Å². The van der Waals surface area contributed by atoms with Gasteiger partial charge < -0.3 is 89.9 Å².